The minimum Gasteiger partial charge on any atom is -0.490 e. The molecule has 45 heavy (non-hydrogen) atoms. The number of benzene rings is 2. The van der Waals surface area contributed by atoms with Crippen LogP contribution in [-0.4, -0.2) is 84.2 Å². The zero-order valence-electron chi connectivity index (χ0n) is 27.4. The van der Waals surface area contributed by atoms with Crippen LogP contribution in [0.5, 0.6) is 5.75 Å². The Morgan fingerprint density at radius 1 is 1.02 bits per heavy atom. The molecule has 1 aliphatic carbocycles. The number of ether oxygens (including phenoxy) is 2. The topological polar surface area (TPSA) is 108 Å². The van der Waals surface area contributed by atoms with E-state index in [1.54, 1.807) is 47.4 Å². The number of aliphatic hydroxyl groups is 1. The molecule has 0 bridgehead atoms. The molecule has 0 saturated heterocycles. The third kappa shape index (κ3) is 9.53. The van der Waals surface area contributed by atoms with Gasteiger partial charge in [0.05, 0.1) is 30.4 Å². The summed E-state index contributed by atoms with van der Waals surface area (Å²) in [6, 6.07) is 13.6. The summed E-state index contributed by atoms with van der Waals surface area (Å²) in [5, 5.41) is 13.1. The molecule has 4 rings (SSSR count). The molecule has 246 valence electrons. The maximum atomic E-state index is 14.3. The molecule has 2 aromatic carbocycles. The number of carbonyl (C=O) groups excluding carboxylic acids is 3. The molecule has 1 saturated carbocycles. The van der Waals surface area contributed by atoms with E-state index in [1.165, 1.54) is 6.42 Å². The van der Waals surface area contributed by atoms with Crippen molar-refractivity contribution in [3.05, 3.63) is 59.7 Å². The number of likely N-dealkylation sites (N-methyl/N-ethyl adjacent to an activating group) is 1. The molecule has 3 amide bonds. The second-order valence-corrected chi connectivity index (χ2v) is 12.9. The minimum atomic E-state index is -0.483. The van der Waals surface area contributed by atoms with Gasteiger partial charge in [-0.3, -0.25) is 14.4 Å². The first-order chi connectivity index (χ1) is 21.7. The van der Waals surface area contributed by atoms with Crippen LogP contribution in [0, 0.1) is 11.8 Å². The number of amides is 3. The number of aliphatic hydroxyl groups excluding tert-OH is 1. The van der Waals surface area contributed by atoms with Crippen molar-refractivity contribution in [3.63, 3.8) is 0 Å². The highest BCUT2D eigenvalue weighted by Gasteiger charge is 2.32. The van der Waals surface area contributed by atoms with Gasteiger partial charge in [-0.25, -0.2) is 0 Å². The van der Waals surface area contributed by atoms with Gasteiger partial charge in [0, 0.05) is 49.8 Å². The van der Waals surface area contributed by atoms with Crippen LogP contribution in [0.4, 0.5) is 5.69 Å². The summed E-state index contributed by atoms with van der Waals surface area (Å²) in [6.45, 7) is 6.92. The molecule has 9 heteroatoms. The summed E-state index contributed by atoms with van der Waals surface area (Å²) >= 11 is 0. The van der Waals surface area contributed by atoms with Crippen molar-refractivity contribution >= 4 is 23.4 Å². The van der Waals surface area contributed by atoms with Gasteiger partial charge >= 0.3 is 0 Å². The Kier molecular flexibility index (Phi) is 12.8. The van der Waals surface area contributed by atoms with Gasteiger partial charge in [0.2, 0.25) is 5.91 Å². The molecule has 0 unspecified atom stereocenters. The van der Waals surface area contributed by atoms with Gasteiger partial charge in [-0.2, -0.15) is 0 Å². The van der Waals surface area contributed by atoms with Crippen molar-refractivity contribution < 1.29 is 29.0 Å². The number of anilines is 1. The second-order valence-electron chi connectivity index (χ2n) is 12.9. The number of hydrogen-bond donors (Lipinski definition) is 2. The van der Waals surface area contributed by atoms with Gasteiger partial charge in [-0.05, 0) is 76.3 Å². The standard InChI is InChI=1S/C36H51N3O6/c1-25-22-39(26(2)24-40)36(43)31-21-30(37-34(41)28-14-7-5-8-15-28)18-19-32(31)45-27(3)13-11-12-20-44-33(25)23-38(4)35(42)29-16-9-6-10-17-29/h5,7-8,14-15,18-19,21,25-27,29,33,40H,6,9-13,16-17,20,22-24H2,1-4H3,(H,37,41)/t25-,26+,27+,33+/m1/s1. The Morgan fingerprint density at radius 2 is 1.73 bits per heavy atom. The monoisotopic (exact) mass is 621 g/mol. The molecule has 2 N–H and O–H groups in total. The van der Waals surface area contributed by atoms with E-state index >= 15 is 0 Å². The van der Waals surface area contributed by atoms with Crippen LogP contribution in [0.3, 0.4) is 0 Å². The predicted molar refractivity (Wildman–Crippen MR) is 175 cm³/mol. The van der Waals surface area contributed by atoms with Crippen molar-refractivity contribution in [2.75, 3.05) is 38.7 Å². The lowest BCUT2D eigenvalue weighted by atomic mass is 9.88. The van der Waals surface area contributed by atoms with Crippen LogP contribution in [0.25, 0.3) is 0 Å². The summed E-state index contributed by atoms with van der Waals surface area (Å²) in [5.41, 5.74) is 1.30. The normalized spacial score (nSPS) is 22.8. The molecule has 0 spiro atoms. The smallest absolute Gasteiger partial charge is 0.258 e. The highest BCUT2D eigenvalue weighted by molar-refractivity contribution is 6.05. The fourth-order valence-electron chi connectivity index (χ4n) is 6.28. The zero-order chi connectivity index (χ0) is 32.3. The Morgan fingerprint density at radius 3 is 2.44 bits per heavy atom. The Bertz CT molecular complexity index is 1260. The third-order valence-electron chi connectivity index (χ3n) is 9.13. The molecule has 1 heterocycles. The molecule has 0 aromatic heterocycles. The molecular formula is C36H51N3O6. The summed E-state index contributed by atoms with van der Waals surface area (Å²) in [4.78, 5) is 44.0. The first kappa shape index (κ1) is 34.4. The van der Waals surface area contributed by atoms with Gasteiger partial charge in [0.25, 0.3) is 11.8 Å². The largest absolute Gasteiger partial charge is 0.490 e. The van der Waals surface area contributed by atoms with E-state index in [2.05, 4.69) is 5.32 Å². The van der Waals surface area contributed by atoms with E-state index in [4.69, 9.17) is 9.47 Å². The first-order valence-electron chi connectivity index (χ1n) is 16.6. The molecular weight excluding hydrogens is 570 g/mol. The lowest BCUT2D eigenvalue weighted by Crippen LogP contribution is -2.48. The molecule has 2 aliphatic rings. The lowest BCUT2D eigenvalue weighted by Gasteiger charge is -2.36. The number of nitrogens with one attached hydrogen (secondary N) is 1. The SMILES string of the molecule is C[C@@H]1CN([C@@H](C)CO)C(=O)c2cc(NC(=O)c3ccccc3)ccc2O[C@@H](C)CCCCO[C@H]1CN(C)C(=O)C1CCCCC1. The van der Waals surface area contributed by atoms with Gasteiger partial charge in [-0.15, -0.1) is 0 Å². The highest BCUT2D eigenvalue weighted by Crippen LogP contribution is 2.29. The number of fused-ring (bicyclic) bond motifs is 1. The van der Waals surface area contributed by atoms with E-state index in [-0.39, 0.29) is 48.4 Å². The molecule has 2 aromatic rings. The number of hydrogen-bond acceptors (Lipinski definition) is 6. The summed E-state index contributed by atoms with van der Waals surface area (Å²) in [7, 11) is 1.86. The molecule has 4 atom stereocenters. The highest BCUT2D eigenvalue weighted by atomic mass is 16.5. The maximum Gasteiger partial charge on any atom is 0.258 e. The Labute approximate surface area is 268 Å². The number of rotatable bonds is 7. The molecule has 9 nitrogen and oxygen atoms in total. The number of nitrogens with zero attached hydrogens (tertiary/aromatic N) is 2. The average molecular weight is 622 g/mol. The first-order valence-corrected chi connectivity index (χ1v) is 16.6. The van der Waals surface area contributed by atoms with Gasteiger partial charge in [-0.1, -0.05) is 44.4 Å². The maximum absolute atomic E-state index is 14.3. The van der Waals surface area contributed by atoms with Crippen LogP contribution >= 0.6 is 0 Å². The van der Waals surface area contributed by atoms with Gasteiger partial charge < -0.3 is 29.7 Å². The Balaban J connectivity index is 1.61. The van der Waals surface area contributed by atoms with Crippen LogP contribution in [0.2, 0.25) is 0 Å². The average Bonchev–Trinajstić information content (AvgIpc) is 3.06. The second kappa shape index (κ2) is 16.8. The van der Waals surface area contributed by atoms with Crippen LogP contribution in [0.15, 0.2) is 48.5 Å². The van der Waals surface area contributed by atoms with Crippen LogP contribution < -0.4 is 10.1 Å². The summed E-state index contributed by atoms with van der Waals surface area (Å²) < 4.78 is 12.7. The van der Waals surface area contributed by atoms with E-state index in [0.29, 0.717) is 42.3 Å². The van der Waals surface area contributed by atoms with Crippen molar-refractivity contribution in [2.24, 2.45) is 11.8 Å². The molecule has 1 aliphatic heterocycles. The van der Waals surface area contributed by atoms with Crippen molar-refractivity contribution in [1.29, 1.82) is 0 Å². The quantitative estimate of drug-likeness (QED) is 0.406. The Hall–Kier alpha value is -3.43. The fraction of sp³-hybridized carbons (Fsp3) is 0.583. The fourth-order valence-corrected chi connectivity index (χ4v) is 6.28. The van der Waals surface area contributed by atoms with Gasteiger partial charge in [0.15, 0.2) is 0 Å². The van der Waals surface area contributed by atoms with Crippen molar-refractivity contribution in [1.82, 2.24) is 9.80 Å². The van der Waals surface area contributed by atoms with E-state index in [1.807, 2.05) is 38.8 Å². The summed E-state index contributed by atoms with van der Waals surface area (Å²) in [5.74, 6) is -0.0262. The number of carbonyl (C=O) groups is 3. The molecule has 0 radical (unpaired) electrons. The molecule has 1 fully saturated rings. The van der Waals surface area contributed by atoms with E-state index in [0.717, 1.165) is 44.9 Å². The van der Waals surface area contributed by atoms with Crippen LogP contribution in [0.1, 0.15) is 92.9 Å². The van der Waals surface area contributed by atoms with Crippen molar-refractivity contribution in [3.8, 4) is 5.75 Å². The predicted octanol–water partition coefficient (Wildman–Crippen LogP) is 5.77. The van der Waals surface area contributed by atoms with E-state index < -0.39 is 6.04 Å². The van der Waals surface area contributed by atoms with Gasteiger partial charge in [0.1, 0.15) is 5.75 Å². The van der Waals surface area contributed by atoms with Crippen molar-refractivity contribution in [2.45, 2.75) is 90.4 Å². The minimum absolute atomic E-state index is 0.0691. The third-order valence-corrected chi connectivity index (χ3v) is 9.13. The summed E-state index contributed by atoms with van der Waals surface area (Å²) in [6.07, 6.45) is 7.35. The van der Waals surface area contributed by atoms with Crippen LogP contribution in [-0.2, 0) is 9.53 Å². The lowest BCUT2D eigenvalue weighted by molar-refractivity contribution is -0.137. The zero-order valence-corrected chi connectivity index (χ0v) is 27.4. The van der Waals surface area contributed by atoms with E-state index in [9.17, 15) is 19.5 Å².